The Labute approximate surface area is 109 Å². The average Bonchev–Trinajstić information content (AvgIpc) is 2.29. The molecule has 0 heterocycles. The lowest BCUT2D eigenvalue weighted by Crippen LogP contribution is -2.00. The second-order valence-corrected chi connectivity index (χ2v) is 4.39. The molecule has 2 aromatic carbocycles. The molecule has 0 radical (unpaired) electrons. The summed E-state index contributed by atoms with van der Waals surface area (Å²) in [7, 11) is 0. The number of aryl methyl sites for hydroxylation is 1. The van der Waals surface area contributed by atoms with E-state index in [1.165, 1.54) is 18.2 Å². The van der Waals surface area contributed by atoms with Gasteiger partial charge in [0.1, 0.15) is 5.82 Å². The molecule has 92 valence electrons. The number of carboxylic acids is 1. The number of carboxylic acid groups (broad SMARTS) is 1. The minimum absolute atomic E-state index is 0.156. The molecule has 1 N–H and O–H groups in total. The van der Waals surface area contributed by atoms with Crippen molar-refractivity contribution in [2.45, 2.75) is 6.92 Å². The molecule has 4 heteroatoms. The zero-order valence-electron chi connectivity index (χ0n) is 9.58. The highest BCUT2D eigenvalue weighted by Crippen LogP contribution is 2.31. The van der Waals surface area contributed by atoms with E-state index in [2.05, 4.69) is 0 Å². The molecule has 0 saturated heterocycles. The summed E-state index contributed by atoms with van der Waals surface area (Å²) in [6.45, 7) is 1.81. The lowest BCUT2D eigenvalue weighted by molar-refractivity contribution is 0.0697. The molecule has 0 fully saturated rings. The minimum Gasteiger partial charge on any atom is -0.478 e. The van der Waals surface area contributed by atoms with E-state index >= 15 is 0 Å². The second-order valence-electron chi connectivity index (χ2n) is 3.98. The van der Waals surface area contributed by atoms with Crippen molar-refractivity contribution >= 4 is 17.6 Å². The van der Waals surface area contributed by atoms with Crippen molar-refractivity contribution in [1.29, 1.82) is 0 Å². The van der Waals surface area contributed by atoms with E-state index in [0.29, 0.717) is 11.1 Å². The van der Waals surface area contributed by atoms with Gasteiger partial charge in [0, 0.05) is 5.56 Å². The van der Waals surface area contributed by atoms with Crippen molar-refractivity contribution in [3.8, 4) is 11.1 Å². The van der Waals surface area contributed by atoms with Gasteiger partial charge in [0.15, 0.2) is 0 Å². The Morgan fingerprint density at radius 3 is 2.44 bits per heavy atom. The zero-order chi connectivity index (χ0) is 13.3. The Bertz CT molecular complexity index is 623. The first kappa shape index (κ1) is 12.6. The molecular formula is C14H10ClFO2. The Balaban J connectivity index is 2.67. The average molecular weight is 265 g/mol. The van der Waals surface area contributed by atoms with Crippen molar-refractivity contribution < 1.29 is 14.3 Å². The lowest BCUT2D eigenvalue weighted by Gasteiger charge is -2.09. The van der Waals surface area contributed by atoms with Crippen LogP contribution in [-0.2, 0) is 0 Å². The molecule has 2 nitrogen and oxygen atoms in total. The molecule has 0 aromatic heterocycles. The van der Waals surface area contributed by atoms with E-state index in [4.69, 9.17) is 11.6 Å². The Hall–Kier alpha value is -1.87. The summed E-state index contributed by atoms with van der Waals surface area (Å²) >= 11 is 5.95. The van der Waals surface area contributed by atoms with Crippen LogP contribution in [0.1, 0.15) is 15.9 Å². The maximum atomic E-state index is 13.0. The smallest absolute Gasteiger partial charge is 0.336 e. The monoisotopic (exact) mass is 264 g/mol. The van der Waals surface area contributed by atoms with E-state index < -0.39 is 11.8 Å². The number of hydrogen-bond acceptors (Lipinski definition) is 1. The first-order valence-corrected chi connectivity index (χ1v) is 5.66. The molecular weight excluding hydrogens is 255 g/mol. The first-order valence-electron chi connectivity index (χ1n) is 5.28. The van der Waals surface area contributed by atoms with Gasteiger partial charge in [-0.15, -0.1) is 0 Å². The fourth-order valence-electron chi connectivity index (χ4n) is 1.78. The van der Waals surface area contributed by atoms with Crippen molar-refractivity contribution in [3.63, 3.8) is 0 Å². The molecule has 2 rings (SSSR count). The van der Waals surface area contributed by atoms with Crippen LogP contribution in [0.15, 0.2) is 36.4 Å². The molecule has 0 aliphatic rings. The zero-order valence-corrected chi connectivity index (χ0v) is 10.3. The van der Waals surface area contributed by atoms with Crippen molar-refractivity contribution in [1.82, 2.24) is 0 Å². The van der Waals surface area contributed by atoms with Gasteiger partial charge in [0.2, 0.25) is 0 Å². The number of halogens is 2. The SMILES string of the molecule is Cc1ccc(-c2ccc(F)cc2Cl)c(C(=O)O)c1. The van der Waals surface area contributed by atoms with E-state index in [9.17, 15) is 14.3 Å². The van der Waals surface area contributed by atoms with Crippen LogP contribution in [0.25, 0.3) is 11.1 Å². The maximum absolute atomic E-state index is 13.0. The van der Waals surface area contributed by atoms with E-state index in [0.717, 1.165) is 5.56 Å². The van der Waals surface area contributed by atoms with Crippen LogP contribution in [-0.4, -0.2) is 11.1 Å². The van der Waals surface area contributed by atoms with Gasteiger partial charge in [-0.1, -0.05) is 29.3 Å². The summed E-state index contributed by atoms with van der Waals surface area (Å²) in [6, 6.07) is 8.95. The Kier molecular flexibility index (Phi) is 3.34. The van der Waals surface area contributed by atoms with Crippen LogP contribution in [0.3, 0.4) is 0 Å². The number of aromatic carboxylic acids is 1. The summed E-state index contributed by atoms with van der Waals surface area (Å²) in [5.74, 6) is -1.48. The molecule has 2 aromatic rings. The predicted molar refractivity (Wildman–Crippen MR) is 68.5 cm³/mol. The topological polar surface area (TPSA) is 37.3 Å². The summed E-state index contributed by atoms with van der Waals surface area (Å²) in [5, 5.41) is 9.38. The third kappa shape index (κ3) is 2.36. The highest BCUT2D eigenvalue weighted by atomic mass is 35.5. The minimum atomic E-state index is -1.03. The van der Waals surface area contributed by atoms with E-state index in [-0.39, 0.29) is 10.6 Å². The number of rotatable bonds is 2. The molecule has 0 spiro atoms. The normalized spacial score (nSPS) is 10.4. The third-order valence-corrected chi connectivity index (χ3v) is 2.94. The summed E-state index contributed by atoms with van der Waals surface area (Å²) in [4.78, 5) is 11.2. The van der Waals surface area contributed by atoms with Crippen LogP contribution in [0.2, 0.25) is 5.02 Å². The maximum Gasteiger partial charge on any atom is 0.336 e. The second kappa shape index (κ2) is 4.78. The van der Waals surface area contributed by atoms with Gasteiger partial charge < -0.3 is 5.11 Å². The lowest BCUT2D eigenvalue weighted by atomic mass is 9.98. The quantitative estimate of drug-likeness (QED) is 0.885. The molecule has 0 aliphatic carbocycles. The summed E-state index contributed by atoms with van der Waals surface area (Å²) in [5.41, 5.74) is 1.99. The number of benzene rings is 2. The fourth-order valence-corrected chi connectivity index (χ4v) is 2.05. The largest absolute Gasteiger partial charge is 0.478 e. The molecule has 18 heavy (non-hydrogen) atoms. The fraction of sp³-hybridized carbons (Fsp3) is 0.0714. The third-order valence-electron chi connectivity index (χ3n) is 2.63. The van der Waals surface area contributed by atoms with Gasteiger partial charge in [0.25, 0.3) is 0 Å². The number of hydrogen-bond donors (Lipinski definition) is 1. The van der Waals surface area contributed by atoms with Crippen LogP contribution in [0.4, 0.5) is 4.39 Å². The Morgan fingerprint density at radius 1 is 1.17 bits per heavy atom. The standard InChI is InChI=1S/C14H10ClFO2/c1-8-2-4-10(12(6-8)14(17)18)11-5-3-9(16)7-13(11)15/h2-7H,1H3,(H,17,18). The molecule has 0 amide bonds. The van der Waals surface area contributed by atoms with Crippen LogP contribution >= 0.6 is 11.6 Å². The number of carbonyl (C=O) groups is 1. The van der Waals surface area contributed by atoms with Gasteiger partial charge in [-0.3, -0.25) is 0 Å². The van der Waals surface area contributed by atoms with Crippen LogP contribution in [0.5, 0.6) is 0 Å². The van der Waals surface area contributed by atoms with Crippen molar-refractivity contribution in [2.75, 3.05) is 0 Å². The molecule has 0 aliphatic heterocycles. The highest BCUT2D eigenvalue weighted by Gasteiger charge is 2.14. The van der Waals surface area contributed by atoms with Gasteiger partial charge in [0.05, 0.1) is 10.6 Å². The van der Waals surface area contributed by atoms with Crippen LogP contribution < -0.4 is 0 Å². The summed E-state index contributed by atoms with van der Waals surface area (Å²) in [6.07, 6.45) is 0. The highest BCUT2D eigenvalue weighted by molar-refractivity contribution is 6.33. The molecule has 0 atom stereocenters. The van der Waals surface area contributed by atoms with E-state index in [1.807, 2.05) is 6.92 Å². The van der Waals surface area contributed by atoms with Gasteiger partial charge in [-0.25, -0.2) is 9.18 Å². The van der Waals surface area contributed by atoms with Gasteiger partial charge in [-0.2, -0.15) is 0 Å². The molecule has 0 saturated carbocycles. The van der Waals surface area contributed by atoms with Crippen LogP contribution in [0, 0.1) is 12.7 Å². The summed E-state index contributed by atoms with van der Waals surface area (Å²) < 4.78 is 13.0. The molecule has 0 unspecified atom stereocenters. The Morgan fingerprint density at radius 2 is 1.83 bits per heavy atom. The molecule has 0 bridgehead atoms. The van der Waals surface area contributed by atoms with E-state index in [1.54, 1.807) is 18.2 Å². The van der Waals surface area contributed by atoms with Gasteiger partial charge in [-0.05, 0) is 36.8 Å². The van der Waals surface area contributed by atoms with Gasteiger partial charge >= 0.3 is 5.97 Å². The predicted octanol–water partition coefficient (Wildman–Crippen LogP) is 4.15. The van der Waals surface area contributed by atoms with Crippen molar-refractivity contribution in [2.24, 2.45) is 0 Å². The van der Waals surface area contributed by atoms with Crippen molar-refractivity contribution in [3.05, 3.63) is 58.4 Å². The first-order chi connectivity index (χ1) is 8.49.